The monoisotopic (exact) mass is 290 g/mol. The predicted molar refractivity (Wildman–Crippen MR) is 85.8 cm³/mol. The molecular formula is C15H26N6. The molecule has 0 radical (unpaired) electrons. The van der Waals surface area contributed by atoms with Gasteiger partial charge in [0, 0.05) is 13.1 Å². The molecule has 2 N–H and O–H groups in total. The Morgan fingerprint density at radius 1 is 1.33 bits per heavy atom. The molecule has 0 bridgehead atoms. The minimum absolute atomic E-state index is 0.516. The van der Waals surface area contributed by atoms with Gasteiger partial charge >= 0.3 is 0 Å². The Morgan fingerprint density at radius 2 is 2.10 bits per heavy atom. The van der Waals surface area contributed by atoms with Gasteiger partial charge < -0.3 is 5.73 Å². The van der Waals surface area contributed by atoms with Crippen LogP contribution >= 0.6 is 0 Å². The Morgan fingerprint density at radius 3 is 2.76 bits per heavy atom. The van der Waals surface area contributed by atoms with E-state index in [9.17, 15) is 0 Å². The van der Waals surface area contributed by atoms with Gasteiger partial charge in [0.15, 0.2) is 5.65 Å². The van der Waals surface area contributed by atoms with Crippen LogP contribution in [0.3, 0.4) is 0 Å². The van der Waals surface area contributed by atoms with E-state index in [0.717, 1.165) is 36.4 Å². The average Bonchev–Trinajstić information content (AvgIpc) is 2.85. The number of anilines is 1. The molecule has 2 aromatic heterocycles. The number of nitrogens with zero attached hydrogens (tertiary/aromatic N) is 5. The zero-order valence-electron chi connectivity index (χ0n) is 13.5. The largest absolute Gasteiger partial charge is 0.383 e. The number of hydrogen-bond donors (Lipinski definition) is 1. The fourth-order valence-corrected chi connectivity index (χ4v) is 2.42. The second kappa shape index (κ2) is 6.85. The molecule has 0 spiro atoms. The molecule has 1 atom stereocenters. The van der Waals surface area contributed by atoms with Gasteiger partial charge in [-0.15, -0.1) is 0 Å². The summed E-state index contributed by atoms with van der Waals surface area (Å²) in [7, 11) is 1.88. The topological polar surface area (TPSA) is 72.9 Å². The molecule has 0 aliphatic rings. The first kappa shape index (κ1) is 15.7. The van der Waals surface area contributed by atoms with Crippen molar-refractivity contribution in [3.63, 3.8) is 0 Å². The van der Waals surface area contributed by atoms with E-state index in [4.69, 9.17) is 5.73 Å². The summed E-state index contributed by atoms with van der Waals surface area (Å²) in [5.41, 5.74) is 6.83. The molecule has 6 heteroatoms. The molecule has 116 valence electrons. The molecule has 0 saturated heterocycles. The Kier molecular flexibility index (Phi) is 5.12. The van der Waals surface area contributed by atoms with Crippen LogP contribution in [0.25, 0.3) is 11.0 Å². The molecular weight excluding hydrogens is 264 g/mol. The van der Waals surface area contributed by atoms with Crippen LogP contribution in [0.5, 0.6) is 0 Å². The third kappa shape index (κ3) is 3.50. The Hall–Kier alpha value is -1.69. The number of aromatic nitrogens is 4. The van der Waals surface area contributed by atoms with Crippen LogP contribution in [0.15, 0.2) is 6.20 Å². The van der Waals surface area contributed by atoms with Crippen molar-refractivity contribution < 1.29 is 0 Å². The molecule has 0 aliphatic heterocycles. The van der Waals surface area contributed by atoms with E-state index >= 15 is 0 Å². The normalized spacial score (nSPS) is 13.2. The third-order valence-electron chi connectivity index (χ3n) is 4.03. The van der Waals surface area contributed by atoms with E-state index in [1.165, 1.54) is 12.8 Å². The summed E-state index contributed by atoms with van der Waals surface area (Å²) in [5, 5.41) is 5.02. The first-order valence-electron chi connectivity index (χ1n) is 7.74. The van der Waals surface area contributed by atoms with E-state index in [1.54, 1.807) is 10.9 Å². The second-order valence-corrected chi connectivity index (χ2v) is 5.61. The number of aryl methyl sites for hydroxylation is 1. The highest BCUT2D eigenvalue weighted by Gasteiger charge is 2.16. The Balaban J connectivity index is 2.25. The van der Waals surface area contributed by atoms with Crippen LogP contribution in [0.4, 0.5) is 5.82 Å². The molecule has 2 heterocycles. The predicted octanol–water partition coefficient (Wildman–Crippen LogP) is 2.35. The van der Waals surface area contributed by atoms with E-state index in [0.29, 0.717) is 11.9 Å². The molecule has 1 unspecified atom stereocenters. The minimum Gasteiger partial charge on any atom is -0.383 e. The lowest BCUT2D eigenvalue weighted by atomic mass is 10.2. The van der Waals surface area contributed by atoms with Crippen LogP contribution in [-0.2, 0) is 13.6 Å². The summed E-state index contributed by atoms with van der Waals surface area (Å²) in [6.45, 7) is 8.48. The van der Waals surface area contributed by atoms with E-state index < -0.39 is 0 Å². The smallest absolute Gasteiger partial charge is 0.163 e. The molecule has 0 aromatic carbocycles. The lowest BCUT2D eigenvalue weighted by Crippen LogP contribution is -2.33. The first-order valence-corrected chi connectivity index (χ1v) is 7.74. The lowest BCUT2D eigenvalue weighted by Gasteiger charge is -2.27. The molecule has 0 fully saturated rings. The number of unbranched alkanes of at least 4 members (excludes halogenated alkanes) is 1. The van der Waals surface area contributed by atoms with E-state index in [1.807, 2.05) is 7.05 Å². The van der Waals surface area contributed by atoms with Gasteiger partial charge in [-0.05, 0) is 26.3 Å². The molecule has 21 heavy (non-hydrogen) atoms. The van der Waals surface area contributed by atoms with Gasteiger partial charge in [0.05, 0.1) is 18.1 Å². The highest BCUT2D eigenvalue weighted by atomic mass is 15.3. The van der Waals surface area contributed by atoms with Gasteiger partial charge in [0.1, 0.15) is 11.6 Å². The van der Waals surface area contributed by atoms with Crippen molar-refractivity contribution in [2.75, 3.05) is 12.3 Å². The van der Waals surface area contributed by atoms with Crippen LogP contribution in [-0.4, -0.2) is 37.2 Å². The van der Waals surface area contributed by atoms with Gasteiger partial charge in [-0.3, -0.25) is 9.58 Å². The fourth-order valence-electron chi connectivity index (χ4n) is 2.42. The minimum atomic E-state index is 0.516. The quantitative estimate of drug-likeness (QED) is 0.847. The lowest BCUT2D eigenvalue weighted by molar-refractivity contribution is 0.188. The average molecular weight is 290 g/mol. The molecule has 0 amide bonds. The van der Waals surface area contributed by atoms with Crippen LogP contribution in [0.2, 0.25) is 0 Å². The number of nitrogen functional groups attached to an aromatic ring is 1. The first-order chi connectivity index (χ1) is 10.1. The highest BCUT2D eigenvalue weighted by molar-refractivity contribution is 5.84. The van der Waals surface area contributed by atoms with Gasteiger partial charge in [0.2, 0.25) is 0 Å². The van der Waals surface area contributed by atoms with Crippen molar-refractivity contribution in [3.8, 4) is 0 Å². The Labute approximate surface area is 126 Å². The van der Waals surface area contributed by atoms with E-state index in [-0.39, 0.29) is 0 Å². The van der Waals surface area contributed by atoms with E-state index in [2.05, 4.69) is 40.7 Å². The molecule has 0 aliphatic carbocycles. The summed E-state index contributed by atoms with van der Waals surface area (Å²) in [6.07, 6.45) is 5.22. The Bertz CT molecular complexity index is 591. The highest BCUT2D eigenvalue weighted by Crippen LogP contribution is 2.18. The number of fused-ring (bicyclic) bond motifs is 1. The standard InChI is InChI=1S/C15H26N6/c1-5-7-8-21(11(3)6-2)10-13-18-14(16)12-9-17-20(4)15(12)19-13/h9,11H,5-8,10H2,1-4H3,(H2,16,18,19). The molecule has 0 saturated carbocycles. The number of rotatable bonds is 7. The third-order valence-corrected chi connectivity index (χ3v) is 4.03. The van der Waals surface area contributed by atoms with Crippen molar-refractivity contribution in [2.45, 2.75) is 52.6 Å². The summed E-state index contributed by atoms with van der Waals surface area (Å²) < 4.78 is 1.75. The summed E-state index contributed by atoms with van der Waals surface area (Å²) >= 11 is 0. The summed E-state index contributed by atoms with van der Waals surface area (Å²) in [5.74, 6) is 1.29. The van der Waals surface area contributed by atoms with Crippen LogP contribution < -0.4 is 5.73 Å². The maximum atomic E-state index is 6.03. The van der Waals surface area contributed by atoms with Gasteiger partial charge in [-0.1, -0.05) is 20.3 Å². The van der Waals surface area contributed by atoms with Gasteiger partial charge in [-0.2, -0.15) is 5.10 Å². The van der Waals surface area contributed by atoms with Crippen LogP contribution in [0, 0.1) is 0 Å². The summed E-state index contributed by atoms with van der Waals surface area (Å²) in [6, 6.07) is 0.517. The SMILES string of the molecule is CCCCN(Cc1nc(N)c2cnn(C)c2n1)C(C)CC. The van der Waals surface area contributed by atoms with Gasteiger partial charge in [0.25, 0.3) is 0 Å². The summed E-state index contributed by atoms with van der Waals surface area (Å²) in [4.78, 5) is 11.5. The number of hydrogen-bond acceptors (Lipinski definition) is 5. The maximum Gasteiger partial charge on any atom is 0.163 e. The second-order valence-electron chi connectivity index (χ2n) is 5.61. The van der Waals surface area contributed by atoms with Crippen molar-refractivity contribution in [1.82, 2.24) is 24.6 Å². The molecule has 6 nitrogen and oxygen atoms in total. The zero-order valence-corrected chi connectivity index (χ0v) is 13.5. The van der Waals surface area contributed by atoms with Crippen molar-refractivity contribution in [1.29, 1.82) is 0 Å². The molecule has 2 rings (SSSR count). The van der Waals surface area contributed by atoms with Crippen LogP contribution in [0.1, 0.15) is 45.9 Å². The van der Waals surface area contributed by atoms with Gasteiger partial charge in [-0.25, -0.2) is 9.97 Å². The van der Waals surface area contributed by atoms with Crippen molar-refractivity contribution >= 4 is 16.9 Å². The molecule has 2 aromatic rings. The fraction of sp³-hybridized carbons (Fsp3) is 0.667. The number of nitrogens with two attached hydrogens (primary N) is 1. The van der Waals surface area contributed by atoms with Crippen molar-refractivity contribution in [3.05, 3.63) is 12.0 Å². The zero-order chi connectivity index (χ0) is 15.4. The maximum absolute atomic E-state index is 6.03. The van der Waals surface area contributed by atoms with Crippen molar-refractivity contribution in [2.24, 2.45) is 7.05 Å².